The molecule has 1 saturated heterocycles. The first-order valence-corrected chi connectivity index (χ1v) is 25.3. The monoisotopic (exact) mass is 894 g/mol. The Bertz CT molecular complexity index is 1920. The SMILES string of the molecule is CC(=O)N[C@H]1[C@H](O[C@H]2C[C@H]([C@H](C)CCC[C@@H](C)CO)[C@@]3(C)CC[C@H]4[C@@H](CC[C@H]5C[C@H](O)CC[C@@]54C)[C@H]23)O[C@H](COCc2ccccc2)[C@@H](OCc2ccccc2)[C@@H]1OCc1ccccc1. The van der Waals surface area contributed by atoms with Crippen molar-refractivity contribution in [2.75, 3.05) is 13.2 Å². The maximum absolute atomic E-state index is 13.4. The topological polar surface area (TPSA) is 116 Å². The van der Waals surface area contributed by atoms with Gasteiger partial charge in [-0.1, -0.05) is 132 Å². The van der Waals surface area contributed by atoms with Crippen molar-refractivity contribution in [3.8, 4) is 0 Å². The van der Waals surface area contributed by atoms with Crippen LogP contribution in [0.15, 0.2) is 91.0 Å². The molecule has 1 amide bonds. The van der Waals surface area contributed by atoms with Crippen LogP contribution in [0.1, 0.15) is 122 Å². The van der Waals surface area contributed by atoms with Gasteiger partial charge in [-0.2, -0.15) is 0 Å². The predicted octanol–water partition coefficient (Wildman–Crippen LogP) is 10.1. The van der Waals surface area contributed by atoms with Crippen molar-refractivity contribution < 1.29 is 38.7 Å². The maximum atomic E-state index is 13.4. The molecule has 0 unspecified atom stereocenters. The van der Waals surface area contributed by atoms with E-state index in [-0.39, 0.29) is 42.2 Å². The third-order valence-electron chi connectivity index (χ3n) is 17.3. The van der Waals surface area contributed by atoms with Crippen LogP contribution in [0.4, 0.5) is 0 Å². The number of hydrogen-bond donors (Lipinski definition) is 3. The number of aliphatic hydroxyl groups excluding tert-OH is 2. The van der Waals surface area contributed by atoms with E-state index in [2.05, 4.69) is 69.4 Å². The van der Waals surface area contributed by atoms with Crippen molar-refractivity contribution in [1.29, 1.82) is 0 Å². The first-order valence-electron chi connectivity index (χ1n) is 25.3. The van der Waals surface area contributed by atoms with E-state index in [9.17, 15) is 15.0 Å². The third kappa shape index (κ3) is 11.1. The molecule has 16 atom stereocenters. The summed E-state index contributed by atoms with van der Waals surface area (Å²) < 4.78 is 35.3. The first-order chi connectivity index (χ1) is 31.5. The second-order valence-electron chi connectivity index (χ2n) is 21.6. The molecule has 0 spiro atoms. The lowest BCUT2D eigenvalue weighted by molar-refractivity contribution is -0.306. The largest absolute Gasteiger partial charge is 0.396 e. The summed E-state index contributed by atoms with van der Waals surface area (Å²) in [5.74, 6) is 3.03. The van der Waals surface area contributed by atoms with Gasteiger partial charge in [0.15, 0.2) is 6.29 Å². The molecule has 9 nitrogen and oxygen atoms in total. The molecule has 0 bridgehead atoms. The van der Waals surface area contributed by atoms with Gasteiger partial charge in [-0.25, -0.2) is 0 Å². The average molecular weight is 894 g/mol. The van der Waals surface area contributed by atoms with Crippen molar-refractivity contribution >= 4 is 5.91 Å². The fraction of sp³-hybridized carbons (Fsp3) is 0.661. The zero-order valence-corrected chi connectivity index (χ0v) is 39.9. The molecule has 1 heterocycles. The van der Waals surface area contributed by atoms with Crippen LogP contribution in [-0.4, -0.2) is 72.2 Å². The molecule has 8 rings (SSSR count). The lowest BCUT2D eigenvalue weighted by Gasteiger charge is -2.61. The van der Waals surface area contributed by atoms with Crippen LogP contribution in [0.3, 0.4) is 0 Å². The Balaban J connectivity index is 1.14. The summed E-state index contributed by atoms with van der Waals surface area (Å²) >= 11 is 0. The van der Waals surface area contributed by atoms with E-state index in [0.717, 1.165) is 74.5 Å². The van der Waals surface area contributed by atoms with Gasteiger partial charge in [-0.15, -0.1) is 0 Å². The second-order valence-corrected chi connectivity index (χ2v) is 21.6. The smallest absolute Gasteiger partial charge is 0.217 e. The number of carbonyl (C=O) groups is 1. The lowest BCUT2D eigenvalue weighted by Crippen LogP contribution is -2.66. The molecule has 3 aromatic carbocycles. The van der Waals surface area contributed by atoms with Gasteiger partial charge in [-0.05, 0) is 127 Å². The van der Waals surface area contributed by atoms with Crippen molar-refractivity contribution in [3.63, 3.8) is 0 Å². The highest BCUT2D eigenvalue weighted by molar-refractivity contribution is 5.73. The zero-order valence-electron chi connectivity index (χ0n) is 39.9. The van der Waals surface area contributed by atoms with Gasteiger partial charge in [0.05, 0.1) is 38.6 Å². The van der Waals surface area contributed by atoms with Gasteiger partial charge in [0.1, 0.15) is 24.4 Å². The summed E-state index contributed by atoms with van der Waals surface area (Å²) in [7, 11) is 0. The minimum absolute atomic E-state index is 0.0755. The quantitative estimate of drug-likeness (QED) is 0.109. The Morgan fingerprint density at radius 2 is 1.40 bits per heavy atom. The van der Waals surface area contributed by atoms with Gasteiger partial charge in [0.2, 0.25) is 5.91 Å². The fourth-order valence-corrected chi connectivity index (χ4v) is 13.9. The van der Waals surface area contributed by atoms with Crippen LogP contribution in [0.2, 0.25) is 0 Å². The summed E-state index contributed by atoms with van der Waals surface area (Å²) in [4.78, 5) is 13.4. The van der Waals surface area contributed by atoms with Crippen LogP contribution in [0, 0.1) is 52.3 Å². The van der Waals surface area contributed by atoms with Crippen LogP contribution < -0.4 is 5.32 Å². The Hall–Kier alpha value is -3.15. The molecule has 3 N–H and O–H groups in total. The standard InChI is InChI=1S/C56H79NO8/c1-37(32-58)16-15-17-38(2)47-31-48(50-45-25-24-43-30-44(60)26-28-55(43,4)46(45)27-29-56(47,50)5)64-54-51(57-39(3)59)53(63-35-42-22-13-8-14-23-42)52(62-34-41-20-11-7-12-21-41)49(65-54)36-61-33-40-18-9-6-10-19-40/h6-14,18-23,37-38,43-54,58,60H,15-17,24-36H2,1-5H3,(H,57,59)/t37-,38-,43+,44-,45-,46+,47-,48+,49-,50-,51-,52-,53-,54-,55+,56-/m1/s1. The Kier molecular flexibility index (Phi) is 16.2. The number of benzene rings is 3. The van der Waals surface area contributed by atoms with Crippen molar-refractivity contribution in [2.45, 2.75) is 168 Å². The molecular formula is C56H79NO8. The van der Waals surface area contributed by atoms with Crippen molar-refractivity contribution in [3.05, 3.63) is 108 Å². The summed E-state index contributed by atoms with van der Waals surface area (Å²) in [6, 6.07) is 29.9. The van der Waals surface area contributed by atoms with E-state index in [4.69, 9.17) is 23.7 Å². The fourth-order valence-electron chi connectivity index (χ4n) is 13.9. The molecular weight excluding hydrogens is 815 g/mol. The van der Waals surface area contributed by atoms with E-state index in [1.165, 1.54) is 12.8 Å². The number of aliphatic hydroxyl groups is 2. The molecule has 3 aromatic rings. The van der Waals surface area contributed by atoms with Gasteiger partial charge >= 0.3 is 0 Å². The molecule has 356 valence electrons. The van der Waals surface area contributed by atoms with Crippen LogP contribution >= 0.6 is 0 Å². The number of ether oxygens (including phenoxy) is 5. The number of amides is 1. The molecule has 65 heavy (non-hydrogen) atoms. The van der Waals surface area contributed by atoms with Crippen LogP contribution in [-0.2, 0) is 48.3 Å². The zero-order chi connectivity index (χ0) is 45.6. The number of carbonyl (C=O) groups excluding carboxylic acids is 1. The molecule has 5 aliphatic rings. The van der Waals surface area contributed by atoms with Gasteiger partial charge in [0, 0.05) is 13.5 Å². The van der Waals surface area contributed by atoms with Gasteiger partial charge < -0.3 is 39.2 Å². The van der Waals surface area contributed by atoms with Crippen LogP contribution in [0.25, 0.3) is 0 Å². The predicted molar refractivity (Wildman–Crippen MR) is 253 cm³/mol. The Labute approximate surface area is 389 Å². The molecule has 0 radical (unpaired) electrons. The van der Waals surface area contributed by atoms with E-state index in [1.54, 1.807) is 6.92 Å². The minimum atomic E-state index is -0.813. The van der Waals surface area contributed by atoms with E-state index < -0.39 is 30.6 Å². The highest BCUT2D eigenvalue weighted by atomic mass is 16.7. The second kappa shape index (κ2) is 21.9. The number of fused-ring (bicyclic) bond motifs is 5. The van der Waals surface area contributed by atoms with E-state index >= 15 is 0 Å². The van der Waals surface area contributed by atoms with Crippen LogP contribution in [0.5, 0.6) is 0 Å². The van der Waals surface area contributed by atoms with E-state index in [1.807, 2.05) is 54.6 Å². The normalized spacial score (nSPS) is 36.5. The number of hydrogen-bond acceptors (Lipinski definition) is 8. The van der Waals surface area contributed by atoms with Crippen molar-refractivity contribution in [2.24, 2.45) is 52.3 Å². The molecule has 1 aliphatic heterocycles. The molecule has 9 heteroatoms. The highest BCUT2D eigenvalue weighted by Crippen LogP contribution is 2.69. The number of nitrogens with one attached hydrogen (secondary N) is 1. The highest BCUT2D eigenvalue weighted by Gasteiger charge is 2.64. The average Bonchev–Trinajstić information content (AvgIpc) is 3.61. The van der Waals surface area contributed by atoms with E-state index in [0.29, 0.717) is 61.2 Å². The maximum Gasteiger partial charge on any atom is 0.217 e. The minimum Gasteiger partial charge on any atom is -0.396 e. The molecule has 5 fully saturated rings. The summed E-state index contributed by atoms with van der Waals surface area (Å²) in [5.41, 5.74) is 3.42. The first kappa shape index (κ1) is 48.3. The van der Waals surface area contributed by atoms with Gasteiger partial charge in [0.25, 0.3) is 0 Å². The van der Waals surface area contributed by atoms with Gasteiger partial charge in [-0.3, -0.25) is 4.79 Å². The summed E-state index contributed by atoms with van der Waals surface area (Å²) in [6.07, 6.45) is 8.94. The van der Waals surface area contributed by atoms with Crippen molar-refractivity contribution in [1.82, 2.24) is 5.32 Å². The molecule has 4 saturated carbocycles. The summed E-state index contributed by atoms with van der Waals surface area (Å²) in [6.45, 7) is 12.9. The Morgan fingerprint density at radius 3 is 2.03 bits per heavy atom. The number of rotatable bonds is 19. The lowest BCUT2D eigenvalue weighted by atomic mass is 9.44. The molecule has 4 aliphatic carbocycles. The third-order valence-corrected chi connectivity index (χ3v) is 17.3. The summed E-state index contributed by atoms with van der Waals surface area (Å²) in [5, 5.41) is 24.0. The molecule has 0 aromatic heterocycles. The Morgan fingerprint density at radius 1 is 0.785 bits per heavy atom.